The smallest absolute Gasteiger partial charge is 0.0623 e. The Morgan fingerprint density at radius 3 is 2.42 bits per heavy atom. The van der Waals surface area contributed by atoms with Crippen molar-refractivity contribution in [3.63, 3.8) is 0 Å². The van der Waals surface area contributed by atoms with E-state index >= 15 is 0 Å². The first-order chi connectivity index (χ1) is 8.97. The number of anilines is 1. The van der Waals surface area contributed by atoms with Crippen molar-refractivity contribution in [1.82, 2.24) is 0 Å². The van der Waals surface area contributed by atoms with Gasteiger partial charge >= 0.3 is 0 Å². The number of nitrogen functional groups attached to an aromatic ring is 1. The molecule has 2 aromatic carbocycles. The minimum absolute atomic E-state index is 0.382. The topological polar surface area (TPSA) is 43.1 Å². The molecular formula is C15H16ClNOS. The normalized spacial score (nSPS) is 12.4. The molecule has 0 amide bonds. The molecule has 100 valence electrons. The van der Waals surface area contributed by atoms with Crippen LogP contribution in [0.2, 0.25) is 5.02 Å². The summed E-state index contributed by atoms with van der Waals surface area (Å²) in [6.45, 7) is 3.93. The molecule has 0 heterocycles. The molecule has 0 fully saturated rings. The number of benzene rings is 2. The minimum atomic E-state index is -1.18. The lowest BCUT2D eigenvalue weighted by Gasteiger charge is -2.08. The maximum absolute atomic E-state index is 12.4. The van der Waals surface area contributed by atoms with Crippen LogP contribution in [0.3, 0.4) is 0 Å². The van der Waals surface area contributed by atoms with Gasteiger partial charge in [0.05, 0.1) is 21.4 Å². The minimum Gasteiger partial charge on any atom is -0.398 e. The number of nitrogens with two attached hydrogens (primary N) is 1. The highest BCUT2D eigenvalue weighted by molar-refractivity contribution is 7.84. The Bertz CT molecular complexity index is 640. The Balaban J connectivity index is 2.28. The monoisotopic (exact) mass is 293 g/mol. The Kier molecular flexibility index (Phi) is 4.27. The molecule has 4 heteroatoms. The van der Waals surface area contributed by atoms with Gasteiger partial charge in [0.25, 0.3) is 0 Å². The summed E-state index contributed by atoms with van der Waals surface area (Å²) in [5.74, 6) is 0.382. The van der Waals surface area contributed by atoms with Crippen molar-refractivity contribution in [3.05, 3.63) is 58.1 Å². The van der Waals surface area contributed by atoms with E-state index in [1.54, 1.807) is 6.07 Å². The fourth-order valence-electron chi connectivity index (χ4n) is 1.83. The molecule has 0 aliphatic carbocycles. The zero-order chi connectivity index (χ0) is 14.0. The molecule has 1 atom stereocenters. The molecule has 2 nitrogen and oxygen atoms in total. The van der Waals surface area contributed by atoms with E-state index in [0.29, 0.717) is 21.4 Å². The fraction of sp³-hybridized carbons (Fsp3) is 0.200. The van der Waals surface area contributed by atoms with E-state index in [9.17, 15) is 4.21 Å². The number of aryl methyl sites for hydroxylation is 2. The number of rotatable bonds is 3. The van der Waals surface area contributed by atoms with E-state index in [-0.39, 0.29) is 0 Å². The summed E-state index contributed by atoms with van der Waals surface area (Å²) < 4.78 is 12.4. The van der Waals surface area contributed by atoms with Crippen LogP contribution < -0.4 is 5.73 Å². The highest BCUT2D eigenvalue weighted by Gasteiger charge is 2.11. The summed E-state index contributed by atoms with van der Waals surface area (Å²) >= 11 is 6.17. The first-order valence-corrected chi connectivity index (χ1v) is 7.66. The van der Waals surface area contributed by atoms with Crippen molar-refractivity contribution in [2.75, 3.05) is 5.73 Å². The molecule has 2 aromatic rings. The van der Waals surface area contributed by atoms with Gasteiger partial charge in [0, 0.05) is 10.7 Å². The summed E-state index contributed by atoms with van der Waals surface area (Å²) in [6, 6.07) is 11.3. The van der Waals surface area contributed by atoms with Gasteiger partial charge in [0.1, 0.15) is 0 Å². The standard InChI is InChI=1S/C15H16ClNOS/c1-10-3-5-12(13(16)7-10)9-19(18)15-8-11(2)4-6-14(15)17/h3-8H,9,17H2,1-2H3. The van der Waals surface area contributed by atoms with Crippen LogP contribution in [0.1, 0.15) is 16.7 Å². The molecule has 0 bridgehead atoms. The van der Waals surface area contributed by atoms with Gasteiger partial charge in [0.2, 0.25) is 0 Å². The van der Waals surface area contributed by atoms with Crippen molar-refractivity contribution in [2.24, 2.45) is 0 Å². The molecule has 0 aromatic heterocycles. The lowest BCUT2D eigenvalue weighted by atomic mass is 10.2. The summed E-state index contributed by atoms with van der Waals surface area (Å²) in [5.41, 5.74) is 9.46. The Morgan fingerprint density at radius 2 is 1.74 bits per heavy atom. The molecule has 2 N–H and O–H groups in total. The van der Waals surface area contributed by atoms with Crippen molar-refractivity contribution in [1.29, 1.82) is 0 Å². The average molecular weight is 294 g/mol. The number of halogens is 1. The van der Waals surface area contributed by atoms with Gasteiger partial charge in [-0.05, 0) is 48.7 Å². The van der Waals surface area contributed by atoms with Gasteiger partial charge < -0.3 is 5.73 Å². The first kappa shape index (κ1) is 14.1. The quantitative estimate of drug-likeness (QED) is 0.874. The lowest BCUT2D eigenvalue weighted by Crippen LogP contribution is -2.02. The SMILES string of the molecule is Cc1ccc(CS(=O)c2cc(C)ccc2N)c(Cl)c1. The van der Waals surface area contributed by atoms with Crippen LogP contribution in [0.5, 0.6) is 0 Å². The second kappa shape index (κ2) is 5.76. The second-order valence-electron chi connectivity index (χ2n) is 4.63. The van der Waals surface area contributed by atoms with Crippen LogP contribution in [0.4, 0.5) is 5.69 Å². The van der Waals surface area contributed by atoms with Gasteiger partial charge in [0.15, 0.2) is 0 Å². The van der Waals surface area contributed by atoms with Crippen molar-refractivity contribution in [2.45, 2.75) is 24.5 Å². The van der Waals surface area contributed by atoms with Crippen molar-refractivity contribution < 1.29 is 4.21 Å². The Labute approximate surface area is 121 Å². The van der Waals surface area contributed by atoms with Crippen LogP contribution in [0.25, 0.3) is 0 Å². The van der Waals surface area contributed by atoms with E-state index in [4.69, 9.17) is 17.3 Å². The van der Waals surface area contributed by atoms with Gasteiger partial charge in [-0.3, -0.25) is 4.21 Å². The molecule has 0 spiro atoms. The Hall–Kier alpha value is -1.32. The number of hydrogen-bond acceptors (Lipinski definition) is 2. The fourth-order valence-corrected chi connectivity index (χ4v) is 3.55. The summed E-state index contributed by atoms with van der Waals surface area (Å²) in [5, 5.41) is 0.652. The molecule has 0 aliphatic heterocycles. The van der Waals surface area contributed by atoms with E-state index in [2.05, 4.69) is 0 Å². The van der Waals surface area contributed by atoms with Gasteiger partial charge in [-0.2, -0.15) is 0 Å². The van der Waals surface area contributed by atoms with Gasteiger partial charge in [-0.1, -0.05) is 29.8 Å². The van der Waals surface area contributed by atoms with E-state index in [0.717, 1.165) is 16.7 Å². The maximum Gasteiger partial charge on any atom is 0.0623 e. The average Bonchev–Trinajstić information content (AvgIpc) is 2.35. The van der Waals surface area contributed by atoms with Crippen molar-refractivity contribution >= 4 is 28.1 Å². The molecule has 0 aliphatic rings. The van der Waals surface area contributed by atoms with Crippen molar-refractivity contribution in [3.8, 4) is 0 Å². The molecule has 19 heavy (non-hydrogen) atoms. The van der Waals surface area contributed by atoms with Gasteiger partial charge in [-0.15, -0.1) is 0 Å². The second-order valence-corrected chi connectivity index (χ2v) is 6.45. The molecular weight excluding hydrogens is 278 g/mol. The zero-order valence-corrected chi connectivity index (χ0v) is 12.5. The van der Waals surface area contributed by atoms with E-state index in [1.807, 2.05) is 44.2 Å². The Morgan fingerprint density at radius 1 is 1.11 bits per heavy atom. The molecule has 0 saturated carbocycles. The first-order valence-electron chi connectivity index (χ1n) is 5.97. The zero-order valence-electron chi connectivity index (χ0n) is 10.9. The predicted octanol–water partition coefficient (Wildman–Crippen LogP) is 3.85. The highest BCUT2D eigenvalue weighted by atomic mass is 35.5. The van der Waals surface area contributed by atoms with Crippen LogP contribution in [-0.4, -0.2) is 4.21 Å². The third-order valence-electron chi connectivity index (χ3n) is 2.91. The third-order valence-corrected chi connectivity index (χ3v) is 4.68. The van der Waals surface area contributed by atoms with Crippen LogP contribution in [0.15, 0.2) is 41.3 Å². The van der Waals surface area contributed by atoms with E-state index in [1.165, 1.54) is 0 Å². The predicted molar refractivity (Wildman–Crippen MR) is 81.9 cm³/mol. The van der Waals surface area contributed by atoms with Crippen LogP contribution in [0, 0.1) is 13.8 Å². The third kappa shape index (κ3) is 3.37. The maximum atomic E-state index is 12.4. The summed E-state index contributed by atoms with van der Waals surface area (Å²) in [4.78, 5) is 0.677. The van der Waals surface area contributed by atoms with Crippen LogP contribution in [-0.2, 0) is 16.6 Å². The van der Waals surface area contributed by atoms with Crippen LogP contribution >= 0.6 is 11.6 Å². The molecule has 1 unspecified atom stereocenters. The molecule has 2 rings (SSSR count). The molecule has 0 saturated heterocycles. The van der Waals surface area contributed by atoms with Gasteiger partial charge in [-0.25, -0.2) is 0 Å². The molecule has 0 radical (unpaired) electrons. The van der Waals surface area contributed by atoms with E-state index < -0.39 is 10.8 Å². The highest BCUT2D eigenvalue weighted by Crippen LogP contribution is 2.24. The summed E-state index contributed by atoms with van der Waals surface area (Å²) in [7, 11) is -1.18. The largest absolute Gasteiger partial charge is 0.398 e. The lowest BCUT2D eigenvalue weighted by molar-refractivity contribution is 0.683. The number of hydrogen-bond donors (Lipinski definition) is 1. The summed E-state index contributed by atoms with van der Waals surface area (Å²) in [6.07, 6.45) is 0.